The molecule has 0 aromatic carbocycles. The summed E-state index contributed by atoms with van der Waals surface area (Å²) < 4.78 is 0.701. The maximum atomic E-state index is 5.50. The summed E-state index contributed by atoms with van der Waals surface area (Å²) in [4.78, 5) is 11.5. The molecule has 13 heavy (non-hydrogen) atoms. The summed E-state index contributed by atoms with van der Waals surface area (Å²) in [5.74, 6) is 0. The number of fused-ring (bicyclic) bond motifs is 1. The molecule has 0 bridgehead atoms. The van der Waals surface area contributed by atoms with E-state index < -0.39 is 0 Å². The van der Waals surface area contributed by atoms with Crippen LogP contribution >= 0.6 is 15.9 Å². The Kier molecular flexibility index (Phi) is 2.05. The second-order valence-corrected chi connectivity index (χ2v) is 3.61. The first-order valence-corrected chi connectivity index (χ1v) is 4.72. The second kappa shape index (κ2) is 3.08. The van der Waals surface area contributed by atoms with Gasteiger partial charge in [0.2, 0.25) is 0 Å². The van der Waals surface area contributed by atoms with Gasteiger partial charge in [0.1, 0.15) is 0 Å². The number of H-pyrrole nitrogens is 1. The topological polar surface area (TPSA) is 67.6 Å². The standard InChI is InChI=1S/C8H9BrN4/c1-4-2-5(3-10)11-7-6(4)12-8(9)13-7/h2H,3,10H2,1H3,(H,11,12,13). The van der Waals surface area contributed by atoms with Crippen LogP contribution in [-0.2, 0) is 6.54 Å². The van der Waals surface area contributed by atoms with E-state index in [0.29, 0.717) is 16.9 Å². The summed E-state index contributed by atoms with van der Waals surface area (Å²) in [6.45, 7) is 2.45. The van der Waals surface area contributed by atoms with Gasteiger partial charge in [-0.3, -0.25) is 0 Å². The number of pyridine rings is 1. The summed E-state index contributed by atoms with van der Waals surface area (Å²) in [5, 5.41) is 0. The zero-order chi connectivity index (χ0) is 9.42. The minimum Gasteiger partial charge on any atom is -0.331 e. The summed E-state index contributed by atoms with van der Waals surface area (Å²) in [5.41, 5.74) is 9.16. The van der Waals surface area contributed by atoms with Crippen molar-refractivity contribution in [1.29, 1.82) is 0 Å². The molecule has 0 atom stereocenters. The minimum atomic E-state index is 0.446. The molecule has 2 rings (SSSR count). The fourth-order valence-corrected chi connectivity index (χ4v) is 1.65. The first-order valence-electron chi connectivity index (χ1n) is 3.92. The zero-order valence-electron chi connectivity index (χ0n) is 7.13. The largest absolute Gasteiger partial charge is 0.331 e. The van der Waals surface area contributed by atoms with Crippen LogP contribution in [0.15, 0.2) is 10.8 Å². The van der Waals surface area contributed by atoms with Crippen LogP contribution in [0.4, 0.5) is 0 Å². The van der Waals surface area contributed by atoms with Crippen LogP contribution in [0.5, 0.6) is 0 Å². The highest BCUT2D eigenvalue weighted by Gasteiger charge is 2.05. The first-order chi connectivity index (χ1) is 6.20. The van der Waals surface area contributed by atoms with Crippen LogP contribution < -0.4 is 5.73 Å². The molecule has 0 amide bonds. The summed E-state index contributed by atoms with van der Waals surface area (Å²) in [6, 6.07) is 1.97. The molecule has 0 unspecified atom stereocenters. The third-order valence-corrected chi connectivity index (χ3v) is 2.27. The Morgan fingerprint density at radius 3 is 3.00 bits per heavy atom. The number of hydrogen-bond donors (Lipinski definition) is 2. The number of nitrogens with one attached hydrogen (secondary N) is 1. The van der Waals surface area contributed by atoms with Crippen molar-refractivity contribution in [2.24, 2.45) is 5.73 Å². The number of aromatic nitrogens is 3. The molecule has 0 saturated heterocycles. The Hall–Kier alpha value is -0.940. The number of nitrogens with zero attached hydrogens (tertiary/aromatic N) is 2. The van der Waals surface area contributed by atoms with E-state index in [-0.39, 0.29) is 0 Å². The van der Waals surface area contributed by atoms with Crippen LogP contribution in [0.3, 0.4) is 0 Å². The van der Waals surface area contributed by atoms with Crippen molar-refractivity contribution in [2.75, 3.05) is 0 Å². The lowest BCUT2D eigenvalue weighted by Crippen LogP contribution is -2.00. The van der Waals surface area contributed by atoms with E-state index in [4.69, 9.17) is 5.73 Å². The monoisotopic (exact) mass is 240 g/mol. The van der Waals surface area contributed by atoms with Gasteiger partial charge in [0.05, 0.1) is 11.2 Å². The molecule has 0 radical (unpaired) electrons. The zero-order valence-corrected chi connectivity index (χ0v) is 8.72. The van der Waals surface area contributed by atoms with Crippen LogP contribution in [0.1, 0.15) is 11.3 Å². The lowest BCUT2D eigenvalue weighted by atomic mass is 10.2. The average molecular weight is 241 g/mol. The van der Waals surface area contributed by atoms with Gasteiger partial charge >= 0.3 is 0 Å². The normalized spacial score (nSPS) is 11.0. The Morgan fingerprint density at radius 2 is 2.31 bits per heavy atom. The molecule has 2 aromatic heterocycles. The van der Waals surface area contributed by atoms with Crippen molar-refractivity contribution in [3.63, 3.8) is 0 Å². The predicted molar refractivity (Wildman–Crippen MR) is 54.2 cm³/mol. The van der Waals surface area contributed by atoms with Crippen LogP contribution in [-0.4, -0.2) is 15.0 Å². The molecule has 0 fully saturated rings. The maximum Gasteiger partial charge on any atom is 0.179 e. The molecule has 3 N–H and O–H groups in total. The van der Waals surface area contributed by atoms with E-state index in [1.54, 1.807) is 0 Å². The number of hydrogen-bond acceptors (Lipinski definition) is 3. The lowest BCUT2D eigenvalue weighted by Gasteiger charge is -1.98. The summed E-state index contributed by atoms with van der Waals surface area (Å²) in [7, 11) is 0. The number of aryl methyl sites for hydroxylation is 1. The van der Waals surface area contributed by atoms with Gasteiger partial charge in [-0.2, -0.15) is 0 Å². The van der Waals surface area contributed by atoms with E-state index in [9.17, 15) is 0 Å². The van der Waals surface area contributed by atoms with Gasteiger partial charge in [-0.1, -0.05) is 0 Å². The fraction of sp³-hybridized carbons (Fsp3) is 0.250. The number of halogens is 1. The van der Waals surface area contributed by atoms with E-state index >= 15 is 0 Å². The van der Waals surface area contributed by atoms with Gasteiger partial charge in [-0.15, -0.1) is 0 Å². The second-order valence-electron chi connectivity index (χ2n) is 2.86. The van der Waals surface area contributed by atoms with E-state index in [2.05, 4.69) is 30.9 Å². The van der Waals surface area contributed by atoms with Gasteiger partial charge < -0.3 is 10.7 Å². The van der Waals surface area contributed by atoms with Crippen molar-refractivity contribution in [3.05, 3.63) is 22.1 Å². The van der Waals surface area contributed by atoms with Gasteiger partial charge in [0.15, 0.2) is 10.4 Å². The maximum absolute atomic E-state index is 5.50. The molecule has 5 heteroatoms. The molecule has 0 saturated carbocycles. The number of imidazole rings is 1. The highest BCUT2D eigenvalue weighted by molar-refractivity contribution is 9.10. The molecule has 0 aliphatic heterocycles. The van der Waals surface area contributed by atoms with Gasteiger partial charge in [-0.05, 0) is 34.5 Å². The number of rotatable bonds is 1. The predicted octanol–water partition coefficient (Wildman–Crippen LogP) is 1.49. The highest BCUT2D eigenvalue weighted by atomic mass is 79.9. The molecule has 4 nitrogen and oxygen atoms in total. The van der Waals surface area contributed by atoms with Gasteiger partial charge in [0.25, 0.3) is 0 Å². The molecular weight excluding hydrogens is 232 g/mol. The van der Waals surface area contributed by atoms with Gasteiger partial charge in [-0.25, -0.2) is 9.97 Å². The van der Waals surface area contributed by atoms with Crippen molar-refractivity contribution < 1.29 is 0 Å². The molecule has 68 valence electrons. The van der Waals surface area contributed by atoms with Crippen LogP contribution in [0.2, 0.25) is 0 Å². The molecule has 2 heterocycles. The first kappa shape index (κ1) is 8.65. The molecule has 0 spiro atoms. The summed E-state index contributed by atoms with van der Waals surface area (Å²) >= 11 is 3.27. The molecule has 0 aliphatic rings. The molecule has 2 aromatic rings. The smallest absolute Gasteiger partial charge is 0.179 e. The quantitative estimate of drug-likeness (QED) is 0.794. The third-order valence-electron chi connectivity index (χ3n) is 1.89. The SMILES string of the molecule is Cc1cc(CN)nc2nc(Br)[nH]c12. The fourth-order valence-electron chi connectivity index (χ4n) is 1.29. The Balaban J connectivity index is 2.75. The van der Waals surface area contributed by atoms with Gasteiger partial charge in [0, 0.05) is 6.54 Å². The van der Waals surface area contributed by atoms with Crippen LogP contribution in [0.25, 0.3) is 11.2 Å². The third kappa shape index (κ3) is 1.45. The van der Waals surface area contributed by atoms with Crippen molar-refractivity contribution in [2.45, 2.75) is 13.5 Å². The Labute approximate surface area is 83.7 Å². The van der Waals surface area contributed by atoms with E-state index in [0.717, 1.165) is 16.8 Å². The lowest BCUT2D eigenvalue weighted by molar-refractivity contribution is 0.996. The van der Waals surface area contributed by atoms with E-state index in [1.807, 2.05) is 13.0 Å². The Bertz CT molecular complexity index is 449. The Morgan fingerprint density at radius 1 is 1.54 bits per heavy atom. The highest BCUT2D eigenvalue weighted by Crippen LogP contribution is 2.17. The minimum absolute atomic E-state index is 0.446. The van der Waals surface area contributed by atoms with Crippen molar-refractivity contribution in [1.82, 2.24) is 15.0 Å². The van der Waals surface area contributed by atoms with Crippen molar-refractivity contribution >= 4 is 27.1 Å². The summed E-state index contributed by atoms with van der Waals surface area (Å²) in [6.07, 6.45) is 0. The van der Waals surface area contributed by atoms with E-state index in [1.165, 1.54) is 0 Å². The number of nitrogens with two attached hydrogens (primary N) is 1. The van der Waals surface area contributed by atoms with Crippen LogP contribution in [0, 0.1) is 6.92 Å². The molecule has 0 aliphatic carbocycles. The number of aromatic amines is 1. The average Bonchev–Trinajstić information content (AvgIpc) is 2.46. The molecular formula is C8H9BrN4. The van der Waals surface area contributed by atoms with Crippen molar-refractivity contribution in [3.8, 4) is 0 Å².